The molecule has 6 nitrogen and oxygen atoms in total. The van der Waals surface area contributed by atoms with Crippen molar-refractivity contribution in [1.29, 1.82) is 0 Å². The Kier molecular flexibility index (Phi) is 4.79. The standard InChI is InChI=1S/C19H18N2O4/c1-12-5-6-17-14(8-12)9-16(13(2)21-17)19(23)25-11-18(22)20-10-15-4-3-7-24-15/h3-9H,10-11H2,1-2H3,(H,20,22). The Labute approximate surface area is 144 Å². The molecule has 2 aromatic heterocycles. The van der Waals surface area contributed by atoms with Gasteiger partial charge in [-0.3, -0.25) is 9.78 Å². The highest BCUT2D eigenvalue weighted by molar-refractivity contribution is 5.96. The molecule has 6 heteroatoms. The van der Waals surface area contributed by atoms with E-state index in [2.05, 4.69) is 10.3 Å². The third-order valence-corrected chi connectivity index (χ3v) is 3.75. The average molecular weight is 338 g/mol. The van der Waals surface area contributed by atoms with Crippen LogP contribution in [0.5, 0.6) is 0 Å². The Balaban J connectivity index is 1.63. The third kappa shape index (κ3) is 4.03. The van der Waals surface area contributed by atoms with Crippen LogP contribution < -0.4 is 5.32 Å². The van der Waals surface area contributed by atoms with Gasteiger partial charge in [0.15, 0.2) is 6.61 Å². The predicted octanol–water partition coefficient (Wildman–Crippen LogP) is 2.92. The second kappa shape index (κ2) is 7.17. The van der Waals surface area contributed by atoms with Crippen molar-refractivity contribution in [3.8, 4) is 0 Å². The first kappa shape index (κ1) is 16.7. The topological polar surface area (TPSA) is 81.4 Å². The molecule has 0 radical (unpaired) electrons. The molecule has 0 bridgehead atoms. The van der Waals surface area contributed by atoms with Gasteiger partial charge in [0.25, 0.3) is 5.91 Å². The maximum Gasteiger partial charge on any atom is 0.340 e. The molecule has 0 saturated carbocycles. The summed E-state index contributed by atoms with van der Waals surface area (Å²) in [5.74, 6) is -0.335. The first-order valence-electron chi connectivity index (χ1n) is 7.87. The molecule has 0 aliphatic rings. The Hall–Kier alpha value is -3.15. The summed E-state index contributed by atoms with van der Waals surface area (Å²) in [5.41, 5.74) is 2.82. The number of esters is 1. The van der Waals surface area contributed by atoms with E-state index in [4.69, 9.17) is 9.15 Å². The van der Waals surface area contributed by atoms with Gasteiger partial charge in [0.1, 0.15) is 5.76 Å². The molecule has 1 amide bonds. The van der Waals surface area contributed by atoms with Crippen LogP contribution in [0.4, 0.5) is 0 Å². The van der Waals surface area contributed by atoms with Gasteiger partial charge in [-0.15, -0.1) is 0 Å². The van der Waals surface area contributed by atoms with Crippen LogP contribution in [0.2, 0.25) is 0 Å². The van der Waals surface area contributed by atoms with Crippen molar-refractivity contribution in [2.24, 2.45) is 0 Å². The number of furan rings is 1. The lowest BCUT2D eigenvalue weighted by Gasteiger charge is -2.09. The normalized spacial score (nSPS) is 10.6. The van der Waals surface area contributed by atoms with E-state index in [0.29, 0.717) is 17.0 Å². The largest absolute Gasteiger partial charge is 0.467 e. The van der Waals surface area contributed by atoms with Gasteiger partial charge in [-0.05, 0) is 44.2 Å². The molecule has 0 aliphatic carbocycles. The maximum atomic E-state index is 12.3. The number of benzene rings is 1. The van der Waals surface area contributed by atoms with Crippen molar-refractivity contribution in [3.63, 3.8) is 0 Å². The summed E-state index contributed by atoms with van der Waals surface area (Å²) < 4.78 is 10.2. The van der Waals surface area contributed by atoms with E-state index in [-0.39, 0.29) is 13.2 Å². The monoisotopic (exact) mass is 338 g/mol. The minimum absolute atomic E-state index is 0.249. The predicted molar refractivity (Wildman–Crippen MR) is 92.1 cm³/mol. The van der Waals surface area contributed by atoms with Crippen LogP contribution in [0, 0.1) is 13.8 Å². The lowest BCUT2D eigenvalue weighted by molar-refractivity contribution is -0.124. The average Bonchev–Trinajstić information content (AvgIpc) is 3.11. The summed E-state index contributed by atoms with van der Waals surface area (Å²) >= 11 is 0. The van der Waals surface area contributed by atoms with Crippen LogP contribution in [0.3, 0.4) is 0 Å². The van der Waals surface area contributed by atoms with E-state index in [1.807, 2.05) is 25.1 Å². The zero-order valence-electron chi connectivity index (χ0n) is 14.0. The molecule has 25 heavy (non-hydrogen) atoms. The van der Waals surface area contributed by atoms with Crippen LogP contribution in [0.25, 0.3) is 10.9 Å². The van der Waals surface area contributed by atoms with Crippen molar-refractivity contribution in [2.75, 3.05) is 6.61 Å². The smallest absolute Gasteiger partial charge is 0.340 e. The van der Waals surface area contributed by atoms with Crippen LogP contribution in [-0.4, -0.2) is 23.5 Å². The summed E-state index contributed by atoms with van der Waals surface area (Å²) in [6.45, 7) is 3.61. The number of ether oxygens (including phenoxy) is 1. The number of nitrogens with one attached hydrogen (secondary N) is 1. The van der Waals surface area contributed by atoms with E-state index >= 15 is 0 Å². The molecule has 1 N–H and O–H groups in total. The number of aromatic nitrogens is 1. The molecule has 0 unspecified atom stereocenters. The number of fused-ring (bicyclic) bond motifs is 1. The number of amides is 1. The number of rotatable bonds is 5. The van der Waals surface area contributed by atoms with E-state index < -0.39 is 11.9 Å². The van der Waals surface area contributed by atoms with E-state index in [1.165, 1.54) is 6.26 Å². The van der Waals surface area contributed by atoms with E-state index in [0.717, 1.165) is 16.5 Å². The second-order valence-electron chi connectivity index (χ2n) is 5.75. The SMILES string of the molecule is Cc1ccc2nc(C)c(C(=O)OCC(=O)NCc3ccco3)cc2c1. The summed E-state index contributed by atoms with van der Waals surface area (Å²) in [7, 11) is 0. The van der Waals surface area contributed by atoms with Crippen LogP contribution in [-0.2, 0) is 16.1 Å². The summed E-state index contributed by atoms with van der Waals surface area (Å²) in [6.07, 6.45) is 1.53. The molecule has 1 aromatic carbocycles. The first-order valence-corrected chi connectivity index (χ1v) is 7.87. The molecule has 0 fully saturated rings. The highest BCUT2D eigenvalue weighted by Crippen LogP contribution is 2.18. The van der Waals surface area contributed by atoms with Gasteiger partial charge in [-0.25, -0.2) is 4.79 Å². The number of aryl methyl sites for hydroxylation is 2. The molecule has 0 atom stereocenters. The van der Waals surface area contributed by atoms with E-state index in [9.17, 15) is 9.59 Å². The van der Waals surface area contributed by atoms with Crippen molar-refractivity contribution >= 4 is 22.8 Å². The summed E-state index contributed by atoms with van der Waals surface area (Å²) in [6, 6.07) is 11.1. The minimum atomic E-state index is -0.568. The molecule has 128 valence electrons. The number of hydrogen-bond acceptors (Lipinski definition) is 5. The van der Waals surface area contributed by atoms with Gasteiger partial charge in [-0.2, -0.15) is 0 Å². The van der Waals surface area contributed by atoms with Gasteiger partial charge in [0, 0.05) is 5.39 Å². The molecule has 0 aliphatic heterocycles. The minimum Gasteiger partial charge on any atom is -0.467 e. The van der Waals surface area contributed by atoms with Crippen LogP contribution >= 0.6 is 0 Å². The molecule has 0 saturated heterocycles. The molecular formula is C19H18N2O4. The number of carbonyl (C=O) groups is 2. The van der Waals surface area contributed by atoms with Crippen molar-refractivity contribution in [3.05, 3.63) is 65.2 Å². The fraction of sp³-hybridized carbons (Fsp3) is 0.211. The fourth-order valence-electron chi connectivity index (χ4n) is 2.46. The third-order valence-electron chi connectivity index (χ3n) is 3.75. The molecule has 0 spiro atoms. The molecule has 2 heterocycles. The Morgan fingerprint density at radius 1 is 1.20 bits per heavy atom. The number of hydrogen-bond donors (Lipinski definition) is 1. The van der Waals surface area contributed by atoms with Crippen LogP contribution in [0.1, 0.15) is 27.4 Å². The number of carbonyl (C=O) groups excluding carboxylic acids is 2. The zero-order valence-corrected chi connectivity index (χ0v) is 14.0. The highest BCUT2D eigenvalue weighted by atomic mass is 16.5. The summed E-state index contributed by atoms with van der Waals surface area (Å²) in [5, 5.41) is 3.48. The van der Waals surface area contributed by atoms with Crippen molar-refractivity contribution in [2.45, 2.75) is 20.4 Å². The number of nitrogens with zero attached hydrogens (tertiary/aromatic N) is 1. The number of pyridine rings is 1. The molecular weight excluding hydrogens is 320 g/mol. The molecule has 3 rings (SSSR count). The van der Waals surface area contributed by atoms with Gasteiger partial charge in [0.2, 0.25) is 0 Å². The second-order valence-corrected chi connectivity index (χ2v) is 5.75. The highest BCUT2D eigenvalue weighted by Gasteiger charge is 2.15. The lowest BCUT2D eigenvalue weighted by atomic mass is 10.1. The van der Waals surface area contributed by atoms with Gasteiger partial charge >= 0.3 is 5.97 Å². The maximum absolute atomic E-state index is 12.3. The van der Waals surface area contributed by atoms with E-state index in [1.54, 1.807) is 25.1 Å². The van der Waals surface area contributed by atoms with Crippen molar-refractivity contribution < 1.29 is 18.7 Å². The Morgan fingerprint density at radius 3 is 2.80 bits per heavy atom. The Morgan fingerprint density at radius 2 is 2.04 bits per heavy atom. The molecule has 3 aromatic rings. The zero-order chi connectivity index (χ0) is 17.8. The van der Waals surface area contributed by atoms with Gasteiger partial charge < -0.3 is 14.5 Å². The van der Waals surface area contributed by atoms with Crippen molar-refractivity contribution in [1.82, 2.24) is 10.3 Å². The fourth-order valence-corrected chi connectivity index (χ4v) is 2.46. The quantitative estimate of drug-likeness (QED) is 0.723. The van der Waals surface area contributed by atoms with Gasteiger partial charge in [-0.1, -0.05) is 11.6 Å². The Bertz CT molecular complexity index is 917. The van der Waals surface area contributed by atoms with Crippen LogP contribution in [0.15, 0.2) is 47.1 Å². The summed E-state index contributed by atoms with van der Waals surface area (Å²) in [4.78, 5) is 28.5. The van der Waals surface area contributed by atoms with Gasteiger partial charge in [0.05, 0.1) is 29.6 Å². The first-order chi connectivity index (χ1) is 12.0. The lowest BCUT2D eigenvalue weighted by Crippen LogP contribution is -2.28.